The highest BCUT2D eigenvalue weighted by molar-refractivity contribution is 6.15. The summed E-state index contributed by atoms with van der Waals surface area (Å²) < 4.78 is 0. The summed E-state index contributed by atoms with van der Waals surface area (Å²) in [5, 5.41) is 3.64. The molecule has 0 aliphatic rings. The van der Waals surface area contributed by atoms with Crippen LogP contribution in [-0.4, -0.2) is 26.5 Å². The zero-order valence-electron chi connectivity index (χ0n) is 4.55. The Labute approximate surface area is 43.1 Å². The third-order valence-electron chi connectivity index (χ3n) is 0.419. The van der Waals surface area contributed by atoms with Crippen molar-refractivity contribution in [1.29, 1.82) is 0 Å². The van der Waals surface area contributed by atoms with E-state index in [9.17, 15) is 0 Å². The molecule has 0 amide bonds. The van der Waals surface area contributed by atoms with Crippen molar-refractivity contribution in [2.75, 3.05) is 14.1 Å². The predicted molar refractivity (Wildman–Crippen MR) is 32.0 cm³/mol. The zero-order chi connectivity index (χ0) is 5.54. The van der Waals surface area contributed by atoms with E-state index in [1.54, 1.807) is 26.5 Å². The maximum atomic E-state index is 3.66. The molecule has 3 nitrogen and oxygen atoms in total. The Hall–Kier alpha value is -0.860. The van der Waals surface area contributed by atoms with Crippen molar-refractivity contribution in [3.8, 4) is 0 Å². The molecule has 0 spiro atoms. The van der Waals surface area contributed by atoms with E-state index in [0.717, 1.165) is 0 Å². The minimum absolute atomic E-state index is 1.58. The van der Waals surface area contributed by atoms with E-state index in [-0.39, 0.29) is 0 Å². The quantitative estimate of drug-likeness (QED) is 0.380. The average Bonchev–Trinajstić information content (AvgIpc) is 1.69. The van der Waals surface area contributed by atoms with Gasteiger partial charge in [0.2, 0.25) is 0 Å². The highest BCUT2D eigenvalue weighted by atomic mass is 15.3. The molecule has 0 aromatic rings. The number of aliphatic imine (C=N–C) groups is 1. The Morgan fingerprint density at radius 3 is 2.57 bits per heavy atom. The van der Waals surface area contributed by atoms with E-state index in [1.165, 1.54) is 0 Å². The van der Waals surface area contributed by atoms with E-state index in [2.05, 4.69) is 15.5 Å². The van der Waals surface area contributed by atoms with Crippen LogP contribution in [0.15, 0.2) is 10.1 Å². The molecule has 40 valence electrons. The summed E-state index contributed by atoms with van der Waals surface area (Å²) in [7, 11) is 3.43. The lowest BCUT2D eigenvalue weighted by Gasteiger charge is -1.77. The van der Waals surface area contributed by atoms with E-state index < -0.39 is 0 Å². The van der Waals surface area contributed by atoms with E-state index >= 15 is 0 Å². The van der Waals surface area contributed by atoms with Gasteiger partial charge >= 0.3 is 0 Å². The van der Waals surface area contributed by atoms with Crippen LogP contribution in [0.5, 0.6) is 0 Å². The van der Waals surface area contributed by atoms with Crippen molar-refractivity contribution < 1.29 is 0 Å². The number of nitrogens with zero attached hydrogens (tertiary/aromatic N) is 2. The second-order valence-electron chi connectivity index (χ2n) is 0.909. The van der Waals surface area contributed by atoms with E-state index in [1.807, 2.05) is 0 Å². The van der Waals surface area contributed by atoms with Crippen LogP contribution in [-0.2, 0) is 0 Å². The zero-order valence-corrected chi connectivity index (χ0v) is 4.55. The third kappa shape index (κ3) is 5.14. The normalized spacial score (nSPS) is 11.1. The van der Waals surface area contributed by atoms with Crippen molar-refractivity contribution in [1.82, 2.24) is 5.43 Å². The molecule has 0 radical (unpaired) electrons. The highest BCUT2D eigenvalue weighted by Gasteiger charge is 1.55. The van der Waals surface area contributed by atoms with Crippen molar-refractivity contribution in [3.63, 3.8) is 0 Å². The minimum Gasteiger partial charge on any atom is -0.313 e. The van der Waals surface area contributed by atoms with Gasteiger partial charge < -0.3 is 5.43 Å². The number of hydrazone groups is 1. The number of nitrogens with one attached hydrogen (secondary N) is 1. The van der Waals surface area contributed by atoms with Crippen molar-refractivity contribution in [3.05, 3.63) is 0 Å². The lowest BCUT2D eigenvalue weighted by molar-refractivity contribution is 0.910. The largest absolute Gasteiger partial charge is 0.313 e. The molecule has 0 saturated carbocycles. The first-order chi connectivity index (χ1) is 3.41. The van der Waals surface area contributed by atoms with Crippen LogP contribution in [0.1, 0.15) is 0 Å². The third-order valence-corrected chi connectivity index (χ3v) is 0.419. The molecule has 0 atom stereocenters. The van der Waals surface area contributed by atoms with Crippen LogP contribution in [0.4, 0.5) is 0 Å². The summed E-state index contributed by atoms with van der Waals surface area (Å²) in [6, 6.07) is 0. The lowest BCUT2D eigenvalue weighted by Crippen LogP contribution is -1.93. The monoisotopic (exact) mass is 99.1 g/mol. The molecule has 1 N–H and O–H groups in total. The van der Waals surface area contributed by atoms with Gasteiger partial charge in [0.1, 0.15) is 0 Å². The summed E-state index contributed by atoms with van der Waals surface area (Å²) in [5.74, 6) is 0. The summed E-state index contributed by atoms with van der Waals surface area (Å²) in [6.07, 6.45) is 3.19. The molecule has 0 aromatic heterocycles. The van der Waals surface area contributed by atoms with Gasteiger partial charge in [0.25, 0.3) is 0 Å². The second-order valence-corrected chi connectivity index (χ2v) is 0.909. The van der Waals surface area contributed by atoms with Gasteiger partial charge in [0, 0.05) is 20.3 Å². The highest BCUT2D eigenvalue weighted by Crippen LogP contribution is 1.47. The number of rotatable bonds is 2. The Bertz CT molecular complexity index is 75.0. The fourth-order valence-corrected chi connectivity index (χ4v) is 0.175. The second kappa shape index (κ2) is 5.14. The SMILES string of the molecule is CN=C/C=N\NC. The van der Waals surface area contributed by atoms with Gasteiger partial charge in [-0.15, -0.1) is 0 Å². The van der Waals surface area contributed by atoms with Crippen LogP contribution >= 0.6 is 0 Å². The summed E-state index contributed by atoms with van der Waals surface area (Å²) in [6.45, 7) is 0. The molecule has 0 aromatic carbocycles. The molecule has 0 saturated heterocycles. The van der Waals surface area contributed by atoms with E-state index in [0.29, 0.717) is 0 Å². The standard InChI is InChI=1S/C4H9N3/c1-5-3-4-7-6-2/h3-4,6H,1-2H3/b5-3?,7-4-. The average molecular weight is 99.1 g/mol. The smallest absolute Gasteiger partial charge is 0.0646 e. The first kappa shape index (κ1) is 6.14. The first-order valence-corrected chi connectivity index (χ1v) is 2.02. The number of hydrogen-bond acceptors (Lipinski definition) is 3. The van der Waals surface area contributed by atoms with Crippen LogP contribution in [0.25, 0.3) is 0 Å². The van der Waals surface area contributed by atoms with Crippen molar-refractivity contribution in [2.45, 2.75) is 0 Å². The van der Waals surface area contributed by atoms with Gasteiger partial charge in [-0.2, -0.15) is 5.10 Å². The van der Waals surface area contributed by atoms with Crippen LogP contribution in [0, 0.1) is 0 Å². The molecule has 0 rings (SSSR count). The Balaban J connectivity index is 3.09. The predicted octanol–water partition coefficient (Wildman–Crippen LogP) is -0.108. The molecule has 7 heavy (non-hydrogen) atoms. The van der Waals surface area contributed by atoms with Crippen LogP contribution in [0.2, 0.25) is 0 Å². The van der Waals surface area contributed by atoms with Crippen molar-refractivity contribution >= 4 is 12.4 Å². The molecule has 0 unspecified atom stereocenters. The fraction of sp³-hybridized carbons (Fsp3) is 0.500. The van der Waals surface area contributed by atoms with Crippen molar-refractivity contribution in [2.24, 2.45) is 10.1 Å². The maximum absolute atomic E-state index is 3.66. The molecule has 0 heterocycles. The maximum Gasteiger partial charge on any atom is 0.0646 e. The Morgan fingerprint density at radius 2 is 2.14 bits per heavy atom. The first-order valence-electron chi connectivity index (χ1n) is 2.02. The lowest BCUT2D eigenvalue weighted by atomic mass is 10.8. The summed E-state index contributed by atoms with van der Waals surface area (Å²) in [5.41, 5.74) is 2.58. The van der Waals surface area contributed by atoms with E-state index in [4.69, 9.17) is 0 Å². The molecular formula is C4H9N3. The molecule has 3 heteroatoms. The van der Waals surface area contributed by atoms with Gasteiger partial charge in [-0.3, -0.25) is 4.99 Å². The summed E-state index contributed by atoms with van der Waals surface area (Å²) >= 11 is 0. The summed E-state index contributed by atoms with van der Waals surface area (Å²) in [4.78, 5) is 3.66. The topological polar surface area (TPSA) is 36.8 Å². The van der Waals surface area contributed by atoms with Gasteiger partial charge in [-0.05, 0) is 0 Å². The van der Waals surface area contributed by atoms with Gasteiger partial charge in [-0.1, -0.05) is 0 Å². The van der Waals surface area contributed by atoms with Gasteiger partial charge in [0.05, 0.1) is 6.21 Å². The Morgan fingerprint density at radius 1 is 1.43 bits per heavy atom. The molecule has 0 aliphatic heterocycles. The van der Waals surface area contributed by atoms with Gasteiger partial charge in [-0.25, -0.2) is 0 Å². The Kier molecular flexibility index (Phi) is 4.51. The fourth-order valence-electron chi connectivity index (χ4n) is 0.175. The van der Waals surface area contributed by atoms with Gasteiger partial charge in [0.15, 0.2) is 0 Å². The number of hydrogen-bond donors (Lipinski definition) is 1. The molecule has 0 fully saturated rings. The van der Waals surface area contributed by atoms with Crippen LogP contribution in [0.3, 0.4) is 0 Å². The minimum atomic E-state index is 1.58. The molecule has 0 aliphatic carbocycles. The molecular weight excluding hydrogens is 90.1 g/mol. The van der Waals surface area contributed by atoms with Crippen LogP contribution < -0.4 is 5.43 Å². The molecule has 0 bridgehead atoms.